The maximum Gasteiger partial charge on any atom is 0.306 e. The monoisotopic (exact) mass is 483 g/mol. The van der Waals surface area contributed by atoms with Crippen LogP contribution in [-0.4, -0.2) is 88.0 Å². The molecule has 182 valence electrons. The Hall–Kier alpha value is -2.86. The number of hydrogen-bond acceptors (Lipinski definition) is 8. The molecule has 33 heavy (non-hydrogen) atoms. The lowest BCUT2D eigenvalue weighted by Crippen LogP contribution is -2.52. The van der Waals surface area contributed by atoms with Crippen LogP contribution in [0.1, 0.15) is 26.7 Å². The zero-order chi connectivity index (χ0) is 24.0. The Kier molecular flexibility index (Phi) is 8.14. The van der Waals surface area contributed by atoms with Gasteiger partial charge in [0, 0.05) is 52.1 Å². The Bertz CT molecular complexity index is 989. The van der Waals surface area contributed by atoms with E-state index in [1.165, 1.54) is 26.0 Å². The summed E-state index contributed by atoms with van der Waals surface area (Å²) in [6.45, 7) is 5.46. The van der Waals surface area contributed by atoms with Crippen molar-refractivity contribution in [2.75, 3.05) is 45.9 Å². The molecular formula is C21H29N3O8S. The van der Waals surface area contributed by atoms with Crippen molar-refractivity contribution in [3.63, 3.8) is 0 Å². The van der Waals surface area contributed by atoms with E-state index >= 15 is 0 Å². The fourth-order valence-corrected chi connectivity index (χ4v) is 4.61. The van der Waals surface area contributed by atoms with E-state index in [1.54, 1.807) is 15.9 Å². The summed E-state index contributed by atoms with van der Waals surface area (Å²) in [5.74, 6) is -0.0739. The molecule has 2 aliphatic rings. The van der Waals surface area contributed by atoms with Crippen LogP contribution in [0.2, 0.25) is 0 Å². The van der Waals surface area contributed by atoms with E-state index in [-0.39, 0.29) is 36.1 Å². The Balaban J connectivity index is 1.39. The number of sulfonamides is 1. The van der Waals surface area contributed by atoms with Gasteiger partial charge in [-0.05, 0) is 25.5 Å². The molecule has 0 radical (unpaired) electrons. The van der Waals surface area contributed by atoms with Gasteiger partial charge in [0.05, 0.1) is 4.90 Å². The average molecular weight is 484 g/mol. The van der Waals surface area contributed by atoms with Gasteiger partial charge in [-0.3, -0.25) is 14.4 Å². The number of piperazine rings is 1. The second kappa shape index (κ2) is 10.8. The van der Waals surface area contributed by atoms with Gasteiger partial charge in [-0.15, -0.1) is 0 Å². The van der Waals surface area contributed by atoms with E-state index in [4.69, 9.17) is 14.2 Å². The van der Waals surface area contributed by atoms with Gasteiger partial charge >= 0.3 is 5.97 Å². The number of nitrogens with zero attached hydrogens (tertiary/aromatic N) is 2. The van der Waals surface area contributed by atoms with Gasteiger partial charge in [0.25, 0.3) is 5.91 Å². The van der Waals surface area contributed by atoms with E-state index in [9.17, 15) is 22.8 Å². The molecule has 0 aliphatic carbocycles. The quantitative estimate of drug-likeness (QED) is 0.408. The topological polar surface area (TPSA) is 132 Å². The zero-order valence-electron chi connectivity index (χ0n) is 18.7. The smallest absolute Gasteiger partial charge is 0.306 e. The number of fused-ring (bicyclic) bond motifs is 1. The van der Waals surface area contributed by atoms with Crippen molar-refractivity contribution < 1.29 is 37.0 Å². The molecule has 0 aromatic heterocycles. The first-order valence-corrected chi connectivity index (χ1v) is 12.3. The van der Waals surface area contributed by atoms with Gasteiger partial charge in [-0.1, -0.05) is 0 Å². The lowest BCUT2D eigenvalue weighted by atomic mass is 10.2. The van der Waals surface area contributed by atoms with Crippen LogP contribution in [0.3, 0.4) is 0 Å². The molecule has 1 atom stereocenters. The summed E-state index contributed by atoms with van der Waals surface area (Å²) in [6.07, 6.45) is -0.781. The molecule has 12 heteroatoms. The number of ether oxygens (including phenoxy) is 3. The van der Waals surface area contributed by atoms with Gasteiger partial charge in [0.2, 0.25) is 15.9 Å². The summed E-state index contributed by atoms with van der Waals surface area (Å²) in [5.41, 5.74) is 0. The van der Waals surface area contributed by atoms with Crippen LogP contribution < -0.4 is 14.2 Å². The third kappa shape index (κ3) is 6.57. The van der Waals surface area contributed by atoms with Gasteiger partial charge in [0.1, 0.15) is 13.2 Å². The number of esters is 1. The molecule has 2 aliphatic heterocycles. The first-order chi connectivity index (χ1) is 15.7. The van der Waals surface area contributed by atoms with Crippen LogP contribution >= 0.6 is 0 Å². The Morgan fingerprint density at radius 3 is 2.36 bits per heavy atom. The highest BCUT2D eigenvalue weighted by Crippen LogP contribution is 2.32. The average Bonchev–Trinajstić information content (AvgIpc) is 2.81. The van der Waals surface area contributed by atoms with Crippen molar-refractivity contribution in [1.29, 1.82) is 0 Å². The molecule has 1 aromatic rings. The molecule has 0 bridgehead atoms. The third-order valence-electron chi connectivity index (χ3n) is 5.37. The van der Waals surface area contributed by atoms with Crippen molar-refractivity contribution in [2.24, 2.45) is 0 Å². The Morgan fingerprint density at radius 1 is 1.06 bits per heavy atom. The van der Waals surface area contributed by atoms with Crippen LogP contribution in [0.15, 0.2) is 23.1 Å². The highest BCUT2D eigenvalue weighted by Gasteiger charge is 2.28. The van der Waals surface area contributed by atoms with E-state index in [0.29, 0.717) is 50.9 Å². The Morgan fingerprint density at radius 2 is 1.70 bits per heavy atom. The van der Waals surface area contributed by atoms with E-state index in [2.05, 4.69) is 4.72 Å². The van der Waals surface area contributed by atoms with Crippen LogP contribution in [0.4, 0.5) is 0 Å². The summed E-state index contributed by atoms with van der Waals surface area (Å²) in [7, 11) is -3.78. The van der Waals surface area contributed by atoms with Crippen LogP contribution in [-0.2, 0) is 29.1 Å². The maximum atomic E-state index is 12.5. The molecular weight excluding hydrogens is 454 g/mol. The minimum absolute atomic E-state index is 0.0290. The van der Waals surface area contributed by atoms with E-state index in [0.717, 1.165) is 0 Å². The largest absolute Gasteiger partial charge is 0.486 e. The molecule has 0 spiro atoms. The number of amides is 2. The van der Waals surface area contributed by atoms with E-state index in [1.807, 2.05) is 0 Å². The minimum atomic E-state index is -3.78. The maximum absolute atomic E-state index is 12.5. The molecule has 1 aromatic carbocycles. The number of nitrogens with one attached hydrogen (secondary N) is 1. The van der Waals surface area contributed by atoms with Gasteiger partial charge < -0.3 is 24.0 Å². The van der Waals surface area contributed by atoms with Gasteiger partial charge in [0.15, 0.2) is 17.6 Å². The standard InChI is InChI=1S/C21H29N3O8S/c1-15(21(27)24-10-8-23(9-11-24)16(2)25)32-20(26)4-3-7-22-33(28,29)17-5-6-18-19(14-17)31-13-12-30-18/h5-6,14-15,22H,3-4,7-13H2,1-2H3. The molecule has 1 saturated heterocycles. The first kappa shape index (κ1) is 24.8. The summed E-state index contributed by atoms with van der Waals surface area (Å²) < 4.78 is 43.4. The molecule has 1 unspecified atom stereocenters. The predicted octanol–water partition coefficient (Wildman–Crippen LogP) is 0.139. The minimum Gasteiger partial charge on any atom is -0.486 e. The number of hydrogen-bond donors (Lipinski definition) is 1. The zero-order valence-corrected chi connectivity index (χ0v) is 19.6. The van der Waals surface area contributed by atoms with Crippen molar-refractivity contribution in [2.45, 2.75) is 37.7 Å². The lowest BCUT2D eigenvalue weighted by molar-refractivity contribution is -0.160. The van der Waals surface area contributed by atoms with Gasteiger partial charge in [-0.25, -0.2) is 13.1 Å². The fraction of sp³-hybridized carbons (Fsp3) is 0.571. The highest BCUT2D eigenvalue weighted by atomic mass is 32.2. The molecule has 2 amide bonds. The molecule has 3 rings (SSSR count). The summed E-state index contributed by atoms with van der Waals surface area (Å²) in [5, 5.41) is 0. The lowest BCUT2D eigenvalue weighted by Gasteiger charge is -2.35. The van der Waals surface area contributed by atoms with Crippen LogP contribution in [0.25, 0.3) is 0 Å². The van der Waals surface area contributed by atoms with Crippen LogP contribution in [0, 0.1) is 0 Å². The number of benzene rings is 1. The fourth-order valence-electron chi connectivity index (χ4n) is 3.52. The predicted molar refractivity (Wildman–Crippen MR) is 116 cm³/mol. The van der Waals surface area contributed by atoms with Crippen molar-refractivity contribution >= 4 is 27.8 Å². The third-order valence-corrected chi connectivity index (χ3v) is 6.83. The first-order valence-electron chi connectivity index (χ1n) is 10.8. The highest BCUT2D eigenvalue weighted by molar-refractivity contribution is 7.89. The number of carbonyl (C=O) groups excluding carboxylic acids is 3. The normalized spacial score (nSPS) is 16.8. The molecule has 2 heterocycles. The summed E-state index contributed by atoms with van der Waals surface area (Å²) in [6, 6.07) is 4.36. The van der Waals surface area contributed by atoms with E-state index < -0.39 is 22.1 Å². The molecule has 1 N–H and O–H groups in total. The van der Waals surface area contributed by atoms with Crippen molar-refractivity contribution in [3.05, 3.63) is 18.2 Å². The number of carbonyl (C=O) groups is 3. The molecule has 1 fully saturated rings. The summed E-state index contributed by atoms with van der Waals surface area (Å²) >= 11 is 0. The molecule has 0 saturated carbocycles. The summed E-state index contributed by atoms with van der Waals surface area (Å²) in [4.78, 5) is 39.2. The van der Waals surface area contributed by atoms with Crippen molar-refractivity contribution in [1.82, 2.24) is 14.5 Å². The second-order valence-corrected chi connectivity index (χ2v) is 9.54. The number of rotatable bonds is 8. The molecule has 11 nitrogen and oxygen atoms in total. The van der Waals surface area contributed by atoms with Crippen LogP contribution in [0.5, 0.6) is 11.5 Å². The Labute approximate surface area is 193 Å². The second-order valence-electron chi connectivity index (χ2n) is 7.77. The van der Waals surface area contributed by atoms with Crippen molar-refractivity contribution in [3.8, 4) is 11.5 Å². The van der Waals surface area contributed by atoms with Gasteiger partial charge in [-0.2, -0.15) is 0 Å². The SMILES string of the molecule is CC(=O)N1CCN(C(=O)C(C)OC(=O)CCCNS(=O)(=O)c2ccc3c(c2)OCCO3)CC1.